The van der Waals surface area contributed by atoms with Crippen molar-refractivity contribution in [3.05, 3.63) is 52.3 Å². The van der Waals surface area contributed by atoms with Crippen molar-refractivity contribution in [2.24, 2.45) is 0 Å². The zero-order valence-electron chi connectivity index (χ0n) is 12.2. The van der Waals surface area contributed by atoms with Gasteiger partial charge in [-0.05, 0) is 44.2 Å². The van der Waals surface area contributed by atoms with E-state index in [1.165, 1.54) is 11.8 Å². The average Bonchev–Trinajstić information content (AvgIpc) is 2.97. The molecular formula is C15H19N3O3. The van der Waals surface area contributed by atoms with Crippen LogP contribution < -0.4 is 10.2 Å². The minimum Gasteiger partial charge on any atom is -0.404 e. The predicted molar refractivity (Wildman–Crippen MR) is 82.7 cm³/mol. The van der Waals surface area contributed by atoms with E-state index in [0.717, 1.165) is 18.8 Å². The molecule has 6 nitrogen and oxygen atoms in total. The first kappa shape index (κ1) is 14.9. The maximum Gasteiger partial charge on any atom is 0.433 e. The summed E-state index contributed by atoms with van der Waals surface area (Å²) in [6.07, 6.45) is 0. The highest BCUT2D eigenvalue weighted by Crippen LogP contribution is 2.20. The lowest BCUT2D eigenvalue weighted by Crippen LogP contribution is -2.21. The Balaban J connectivity index is 1.95. The highest BCUT2D eigenvalue weighted by atomic mass is 16.6. The molecule has 2 rings (SSSR count). The van der Waals surface area contributed by atoms with Gasteiger partial charge in [-0.15, -0.1) is 0 Å². The molecule has 112 valence electrons. The summed E-state index contributed by atoms with van der Waals surface area (Å²) < 4.78 is 5.09. The molecular weight excluding hydrogens is 270 g/mol. The van der Waals surface area contributed by atoms with Crippen LogP contribution in [-0.4, -0.2) is 18.0 Å². The third-order valence-corrected chi connectivity index (χ3v) is 3.29. The van der Waals surface area contributed by atoms with Crippen LogP contribution in [0.25, 0.3) is 0 Å². The van der Waals surface area contributed by atoms with Gasteiger partial charge in [-0.1, -0.05) is 0 Å². The van der Waals surface area contributed by atoms with Crippen LogP contribution in [0.15, 0.2) is 40.8 Å². The van der Waals surface area contributed by atoms with Crippen LogP contribution >= 0.6 is 0 Å². The fraction of sp³-hybridized carbons (Fsp3) is 0.333. The van der Waals surface area contributed by atoms with Crippen molar-refractivity contribution in [2.75, 3.05) is 23.3 Å². The second-order valence-corrected chi connectivity index (χ2v) is 4.57. The Kier molecular flexibility index (Phi) is 4.81. The molecule has 0 bridgehead atoms. The minimum atomic E-state index is -0.539. The lowest BCUT2D eigenvalue weighted by atomic mass is 10.2. The zero-order chi connectivity index (χ0) is 15.2. The van der Waals surface area contributed by atoms with Gasteiger partial charge in [-0.2, -0.15) is 0 Å². The van der Waals surface area contributed by atoms with E-state index in [1.807, 2.05) is 12.1 Å². The first-order valence-corrected chi connectivity index (χ1v) is 6.96. The van der Waals surface area contributed by atoms with E-state index in [0.29, 0.717) is 12.3 Å². The topological polar surface area (TPSA) is 71.5 Å². The quantitative estimate of drug-likeness (QED) is 0.622. The van der Waals surface area contributed by atoms with Crippen LogP contribution in [0.4, 0.5) is 17.3 Å². The molecule has 1 aromatic carbocycles. The number of hydrogen-bond donors (Lipinski definition) is 1. The molecule has 1 heterocycles. The second kappa shape index (κ2) is 6.78. The van der Waals surface area contributed by atoms with E-state index in [9.17, 15) is 10.1 Å². The highest BCUT2D eigenvalue weighted by molar-refractivity contribution is 5.55. The molecule has 21 heavy (non-hydrogen) atoms. The molecule has 0 spiro atoms. The van der Waals surface area contributed by atoms with Gasteiger partial charge in [0, 0.05) is 24.5 Å². The van der Waals surface area contributed by atoms with E-state index in [2.05, 4.69) is 36.2 Å². The first-order chi connectivity index (χ1) is 10.1. The van der Waals surface area contributed by atoms with Crippen LogP contribution in [0, 0.1) is 10.1 Å². The van der Waals surface area contributed by atoms with Crippen molar-refractivity contribution in [1.29, 1.82) is 0 Å². The summed E-state index contributed by atoms with van der Waals surface area (Å²) in [4.78, 5) is 12.3. The van der Waals surface area contributed by atoms with Gasteiger partial charge >= 0.3 is 5.88 Å². The van der Waals surface area contributed by atoms with Crippen molar-refractivity contribution in [2.45, 2.75) is 20.4 Å². The maximum atomic E-state index is 10.5. The molecule has 1 N–H and O–H groups in total. The monoisotopic (exact) mass is 289 g/mol. The highest BCUT2D eigenvalue weighted by Gasteiger charge is 2.11. The van der Waals surface area contributed by atoms with Gasteiger partial charge in [0.15, 0.2) is 0 Å². The summed E-state index contributed by atoms with van der Waals surface area (Å²) >= 11 is 0. The molecule has 0 fully saturated rings. The molecule has 0 atom stereocenters. The molecule has 0 unspecified atom stereocenters. The Morgan fingerprint density at radius 1 is 1.14 bits per heavy atom. The minimum absolute atomic E-state index is 0.233. The van der Waals surface area contributed by atoms with Crippen molar-refractivity contribution in [3.63, 3.8) is 0 Å². The number of nitro groups is 1. The van der Waals surface area contributed by atoms with E-state index in [-0.39, 0.29) is 5.88 Å². The van der Waals surface area contributed by atoms with Gasteiger partial charge in [-0.25, -0.2) is 0 Å². The van der Waals surface area contributed by atoms with E-state index in [4.69, 9.17) is 4.42 Å². The lowest BCUT2D eigenvalue weighted by Gasteiger charge is -2.21. The fourth-order valence-corrected chi connectivity index (χ4v) is 2.13. The third-order valence-electron chi connectivity index (χ3n) is 3.29. The van der Waals surface area contributed by atoms with Crippen molar-refractivity contribution < 1.29 is 9.34 Å². The number of anilines is 2. The van der Waals surface area contributed by atoms with Crippen LogP contribution in [0.5, 0.6) is 0 Å². The summed E-state index contributed by atoms with van der Waals surface area (Å²) in [7, 11) is 0. The molecule has 0 amide bonds. The summed E-state index contributed by atoms with van der Waals surface area (Å²) in [5, 5.41) is 13.7. The standard InChI is InChI=1S/C15H19N3O3/c1-3-17(4-2)13-7-5-12(6-8-13)16-11-14-9-10-15(21-14)18(19)20/h5-10,16H,3-4,11H2,1-2H3. The van der Waals surface area contributed by atoms with Crippen LogP contribution in [0.1, 0.15) is 19.6 Å². The summed E-state index contributed by atoms with van der Waals surface area (Å²) in [5.74, 6) is 0.304. The molecule has 0 saturated heterocycles. The summed E-state index contributed by atoms with van der Waals surface area (Å²) in [5.41, 5.74) is 2.13. The molecule has 6 heteroatoms. The molecule has 1 aromatic heterocycles. The molecule has 0 radical (unpaired) electrons. The van der Waals surface area contributed by atoms with Gasteiger partial charge in [0.2, 0.25) is 0 Å². The maximum absolute atomic E-state index is 10.5. The van der Waals surface area contributed by atoms with Gasteiger partial charge in [-0.3, -0.25) is 10.1 Å². The number of furan rings is 1. The van der Waals surface area contributed by atoms with Crippen molar-refractivity contribution >= 4 is 17.3 Å². The second-order valence-electron chi connectivity index (χ2n) is 4.57. The number of rotatable bonds is 7. The summed E-state index contributed by atoms with van der Waals surface area (Å²) in [6, 6.07) is 11.1. The molecule has 2 aromatic rings. The average molecular weight is 289 g/mol. The smallest absolute Gasteiger partial charge is 0.404 e. The van der Waals surface area contributed by atoms with Crippen LogP contribution in [-0.2, 0) is 6.54 Å². The van der Waals surface area contributed by atoms with E-state index in [1.54, 1.807) is 6.07 Å². The molecule has 0 saturated carbocycles. The van der Waals surface area contributed by atoms with Crippen LogP contribution in [0.2, 0.25) is 0 Å². The van der Waals surface area contributed by atoms with Crippen LogP contribution in [0.3, 0.4) is 0 Å². The SMILES string of the molecule is CCN(CC)c1ccc(NCc2ccc([N+](=O)[O-])o2)cc1. The molecule has 0 aliphatic heterocycles. The largest absolute Gasteiger partial charge is 0.433 e. The van der Waals surface area contributed by atoms with E-state index >= 15 is 0 Å². The summed E-state index contributed by atoms with van der Waals surface area (Å²) in [6.45, 7) is 6.61. The Bertz CT molecular complexity index is 588. The van der Waals surface area contributed by atoms with E-state index < -0.39 is 4.92 Å². The normalized spacial score (nSPS) is 10.4. The Morgan fingerprint density at radius 3 is 2.33 bits per heavy atom. The number of hydrogen-bond acceptors (Lipinski definition) is 5. The lowest BCUT2D eigenvalue weighted by molar-refractivity contribution is -0.402. The molecule has 0 aliphatic rings. The number of nitrogens with one attached hydrogen (secondary N) is 1. The Morgan fingerprint density at radius 2 is 1.81 bits per heavy atom. The molecule has 0 aliphatic carbocycles. The third kappa shape index (κ3) is 3.75. The fourth-order valence-electron chi connectivity index (χ4n) is 2.13. The first-order valence-electron chi connectivity index (χ1n) is 6.96. The van der Waals surface area contributed by atoms with Gasteiger partial charge in [0.25, 0.3) is 0 Å². The van der Waals surface area contributed by atoms with Crippen molar-refractivity contribution in [1.82, 2.24) is 0 Å². The number of nitrogens with zero attached hydrogens (tertiary/aromatic N) is 2. The van der Waals surface area contributed by atoms with Gasteiger partial charge in [0.05, 0.1) is 12.6 Å². The van der Waals surface area contributed by atoms with Gasteiger partial charge in [0.1, 0.15) is 10.7 Å². The number of benzene rings is 1. The zero-order valence-corrected chi connectivity index (χ0v) is 12.2. The predicted octanol–water partition coefficient (Wildman–Crippen LogP) is 3.65. The Hall–Kier alpha value is -2.50. The van der Waals surface area contributed by atoms with Gasteiger partial charge < -0.3 is 14.6 Å². The Labute approximate surface area is 123 Å². The van der Waals surface area contributed by atoms with Crippen molar-refractivity contribution in [3.8, 4) is 0 Å².